The van der Waals surface area contributed by atoms with Crippen LogP contribution in [-0.2, 0) is 9.53 Å². The highest BCUT2D eigenvalue weighted by molar-refractivity contribution is 6.09. The maximum absolute atomic E-state index is 12.3. The molecule has 2 rings (SSSR count). The van der Waals surface area contributed by atoms with E-state index >= 15 is 0 Å². The molecule has 0 radical (unpaired) electrons. The first-order chi connectivity index (χ1) is 12.5. The Kier molecular flexibility index (Phi) is 7.09. The fraction of sp³-hybridized carbons (Fsp3) is 0.286. The smallest absolute Gasteiger partial charge is 0.338 e. The highest BCUT2D eigenvalue weighted by atomic mass is 16.5. The van der Waals surface area contributed by atoms with Gasteiger partial charge in [0, 0.05) is 17.2 Å². The predicted molar refractivity (Wildman–Crippen MR) is 99.1 cm³/mol. The number of carbonyl (C=O) groups is 3. The highest BCUT2D eigenvalue weighted by Crippen LogP contribution is 2.12. The molecule has 2 aromatic rings. The van der Waals surface area contributed by atoms with Crippen LogP contribution in [0.2, 0.25) is 0 Å². The van der Waals surface area contributed by atoms with Crippen molar-refractivity contribution in [2.24, 2.45) is 0 Å². The Morgan fingerprint density at radius 1 is 0.923 bits per heavy atom. The van der Waals surface area contributed by atoms with Gasteiger partial charge in [-0.15, -0.1) is 0 Å². The largest absolute Gasteiger partial charge is 0.452 e. The molecule has 0 saturated heterocycles. The summed E-state index contributed by atoms with van der Waals surface area (Å²) in [5.74, 6) is -1.04. The van der Waals surface area contributed by atoms with E-state index in [1.54, 1.807) is 36.4 Å². The molecule has 2 aromatic carbocycles. The van der Waals surface area contributed by atoms with E-state index in [1.807, 2.05) is 19.9 Å². The molecular weight excluding hydrogens is 330 g/mol. The Morgan fingerprint density at radius 2 is 1.50 bits per heavy atom. The van der Waals surface area contributed by atoms with Crippen molar-refractivity contribution in [1.29, 1.82) is 0 Å². The van der Waals surface area contributed by atoms with Crippen molar-refractivity contribution < 1.29 is 19.1 Å². The van der Waals surface area contributed by atoms with Crippen LogP contribution in [0.4, 0.5) is 0 Å². The van der Waals surface area contributed by atoms with E-state index in [0.29, 0.717) is 16.7 Å². The van der Waals surface area contributed by atoms with E-state index in [9.17, 15) is 14.4 Å². The van der Waals surface area contributed by atoms with Gasteiger partial charge in [-0.3, -0.25) is 9.59 Å². The van der Waals surface area contributed by atoms with Crippen LogP contribution in [0.3, 0.4) is 0 Å². The van der Waals surface area contributed by atoms with Crippen LogP contribution >= 0.6 is 0 Å². The maximum Gasteiger partial charge on any atom is 0.338 e. The van der Waals surface area contributed by atoms with E-state index in [1.165, 1.54) is 12.1 Å². The Labute approximate surface area is 153 Å². The molecule has 0 aliphatic rings. The molecule has 1 N–H and O–H groups in total. The van der Waals surface area contributed by atoms with Gasteiger partial charge in [-0.2, -0.15) is 0 Å². The Morgan fingerprint density at radius 3 is 2.12 bits per heavy atom. The van der Waals surface area contributed by atoms with Crippen molar-refractivity contribution in [2.75, 3.05) is 6.61 Å². The van der Waals surface area contributed by atoms with Gasteiger partial charge in [-0.05, 0) is 25.5 Å². The van der Waals surface area contributed by atoms with Crippen LogP contribution in [0.25, 0.3) is 0 Å². The van der Waals surface area contributed by atoms with Gasteiger partial charge in [0.15, 0.2) is 12.4 Å². The minimum Gasteiger partial charge on any atom is -0.452 e. The van der Waals surface area contributed by atoms with Gasteiger partial charge in [0.1, 0.15) is 0 Å². The topological polar surface area (TPSA) is 72.5 Å². The zero-order chi connectivity index (χ0) is 18.9. The van der Waals surface area contributed by atoms with E-state index in [4.69, 9.17) is 4.74 Å². The standard InChI is InChI=1S/C21H23NO4/c1-3-7-15(2)22-19(23)14-26-21(25)18-12-10-17(11-13-18)20(24)16-8-5-4-6-9-16/h4-6,8-13,15H,3,7,14H2,1-2H3,(H,22,23)/t15-/m1/s1. The third-order valence-electron chi connectivity index (χ3n) is 3.88. The van der Waals surface area contributed by atoms with Gasteiger partial charge < -0.3 is 10.1 Å². The second kappa shape index (κ2) is 9.51. The summed E-state index contributed by atoms with van der Waals surface area (Å²) < 4.78 is 5.02. The molecule has 26 heavy (non-hydrogen) atoms. The molecule has 0 fully saturated rings. The van der Waals surface area contributed by atoms with Crippen LogP contribution in [0.15, 0.2) is 54.6 Å². The second-order valence-electron chi connectivity index (χ2n) is 6.11. The van der Waals surface area contributed by atoms with Crippen LogP contribution in [0.5, 0.6) is 0 Å². The number of nitrogens with one attached hydrogen (secondary N) is 1. The fourth-order valence-corrected chi connectivity index (χ4v) is 2.55. The van der Waals surface area contributed by atoms with Crippen LogP contribution in [0, 0.1) is 0 Å². The number of rotatable bonds is 8. The molecule has 0 unspecified atom stereocenters. The quantitative estimate of drug-likeness (QED) is 0.583. The average molecular weight is 353 g/mol. The maximum atomic E-state index is 12.3. The van der Waals surface area contributed by atoms with E-state index in [2.05, 4.69) is 5.32 Å². The lowest BCUT2D eigenvalue weighted by Gasteiger charge is -2.12. The Hall–Kier alpha value is -2.95. The minimum absolute atomic E-state index is 0.0504. The molecule has 0 heterocycles. The second-order valence-corrected chi connectivity index (χ2v) is 6.11. The van der Waals surface area contributed by atoms with Gasteiger partial charge in [0.05, 0.1) is 5.56 Å². The van der Waals surface area contributed by atoms with Crippen molar-refractivity contribution >= 4 is 17.7 Å². The van der Waals surface area contributed by atoms with Crippen LogP contribution in [0.1, 0.15) is 53.0 Å². The normalized spacial score (nSPS) is 11.5. The number of ether oxygens (including phenoxy) is 1. The molecule has 0 spiro atoms. The third kappa shape index (κ3) is 5.55. The van der Waals surface area contributed by atoms with Gasteiger partial charge >= 0.3 is 5.97 Å². The molecule has 0 saturated carbocycles. The molecule has 0 aromatic heterocycles. The average Bonchev–Trinajstić information content (AvgIpc) is 2.66. The summed E-state index contributed by atoms with van der Waals surface area (Å²) in [5.41, 5.74) is 1.36. The summed E-state index contributed by atoms with van der Waals surface area (Å²) in [6, 6.07) is 15.2. The first-order valence-electron chi connectivity index (χ1n) is 8.67. The highest BCUT2D eigenvalue weighted by Gasteiger charge is 2.13. The summed E-state index contributed by atoms with van der Waals surface area (Å²) >= 11 is 0. The molecule has 1 amide bonds. The van der Waals surface area contributed by atoms with Crippen molar-refractivity contribution in [3.63, 3.8) is 0 Å². The number of hydrogen-bond donors (Lipinski definition) is 1. The van der Waals surface area contributed by atoms with Gasteiger partial charge in [0.2, 0.25) is 0 Å². The number of ketones is 1. The summed E-state index contributed by atoms with van der Waals surface area (Å²) in [5, 5.41) is 2.77. The first-order valence-corrected chi connectivity index (χ1v) is 8.67. The van der Waals surface area contributed by atoms with Crippen LogP contribution < -0.4 is 5.32 Å². The minimum atomic E-state index is -0.595. The molecule has 1 atom stereocenters. The SMILES string of the molecule is CCC[C@@H](C)NC(=O)COC(=O)c1ccc(C(=O)c2ccccc2)cc1. The van der Waals surface area contributed by atoms with Gasteiger partial charge in [0.25, 0.3) is 5.91 Å². The number of esters is 1. The Bertz CT molecular complexity index is 753. The summed E-state index contributed by atoms with van der Waals surface area (Å²) in [7, 11) is 0. The number of hydrogen-bond acceptors (Lipinski definition) is 4. The Balaban J connectivity index is 1.90. The molecule has 0 aliphatic heterocycles. The fourth-order valence-electron chi connectivity index (χ4n) is 2.55. The lowest BCUT2D eigenvalue weighted by Crippen LogP contribution is -2.35. The van der Waals surface area contributed by atoms with Gasteiger partial charge in [-0.1, -0.05) is 55.8 Å². The van der Waals surface area contributed by atoms with E-state index in [0.717, 1.165) is 12.8 Å². The van der Waals surface area contributed by atoms with Crippen molar-refractivity contribution in [2.45, 2.75) is 32.7 Å². The van der Waals surface area contributed by atoms with Crippen LogP contribution in [-0.4, -0.2) is 30.3 Å². The predicted octanol–water partition coefficient (Wildman–Crippen LogP) is 3.38. The zero-order valence-electron chi connectivity index (χ0n) is 15.0. The first kappa shape index (κ1) is 19.4. The zero-order valence-corrected chi connectivity index (χ0v) is 15.0. The number of benzene rings is 2. The summed E-state index contributed by atoms with van der Waals surface area (Å²) in [6.07, 6.45) is 1.84. The molecular formula is C21H23NO4. The molecule has 136 valence electrons. The monoisotopic (exact) mass is 353 g/mol. The summed E-state index contributed by atoms with van der Waals surface area (Å²) in [4.78, 5) is 36.1. The molecule has 0 aliphatic carbocycles. The molecule has 0 bridgehead atoms. The molecule has 5 heteroatoms. The summed E-state index contributed by atoms with van der Waals surface area (Å²) in [6.45, 7) is 3.62. The third-order valence-corrected chi connectivity index (χ3v) is 3.88. The van der Waals surface area contributed by atoms with Gasteiger partial charge in [-0.25, -0.2) is 4.79 Å². The van der Waals surface area contributed by atoms with Crippen molar-refractivity contribution in [3.05, 3.63) is 71.3 Å². The lowest BCUT2D eigenvalue weighted by molar-refractivity contribution is -0.124. The van der Waals surface area contributed by atoms with Crippen molar-refractivity contribution in [3.8, 4) is 0 Å². The molecule has 5 nitrogen and oxygen atoms in total. The van der Waals surface area contributed by atoms with Crippen molar-refractivity contribution in [1.82, 2.24) is 5.32 Å². The van der Waals surface area contributed by atoms with E-state index < -0.39 is 5.97 Å². The number of amides is 1. The van der Waals surface area contributed by atoms with E-state index in [-0.39, 0.29) is 24.3 Å². The number of carbonyl (C=O) groups excluding carboxylic acids is 3. The lowest BCUT2D eigenvalue weighted by atomic mass is 10.0.